The normalized spacial score (nSPS) is 11.1. The van der Waals surface area contributed by atoms with Gasteiger partial charge in [0.25, 0.3) is 0 Å². The lowest BCUT2D eigenvalue weighted by Crippen LogP contribution is -2.05. The van der Waals surface area contributed by atoms with Gasteiger partial charge < -0.3 is 5.11 Å². The third-order valence-corrected chi connectivity index (χ3v) is 3.05. The molecule has 0 saturated carbocycles. The van der Waals surface area contributed by atoms with Gasteiger partial charge in [0.2, 0.25) is 5.88 Å². The molecule has 5 heteroatoms. The fourth-order valence-corrected chi connectivity index (χ4v) is 1.94. The lowest BCUT2D eigenvalue weighted by Gasteiger charge is -1.93. The van der Waals surface area contributed by atoms with Crippen LogP contribution in [0.4, 0.5) is 5.69 Å². The first kappa shape index (κ1) is 10.6. The molecule has 2 aromatic rings. The Hall–Kier alpha value is -1.88. The summed E-state index contributed by atoms with van der Waals surface area (Å²) in [5.41, 5.74) is 0.783. The van der Waals surface area contributed by atoms with Crippen LogP contribution < -0.4 is 4.87 Å². The lowest BCUT2D eigenvalue weighted by atomic mass is 10.3. The molecule has 0 atom stereocenters. The number of nitrogens with zero attached hydrogens (tertiary/aromatic N) is 2. The van der Waals surface area contributed by atoms with Gasteiger partial charge in [-0.3, -0.25) is 14.4 Å². The fraction of sp³-hybridized carbons (Fsp3) is 0.0909. The summed E-state index contributed by atoms with van der Waals surface area (Å²) in [7, 11) is 1.52. The molecule has 4 nitrogen and oxygen atoms in total. The smallest absolute Gasteiger partial charge is 0.310 e. The number of thiazole rings is 1. The van der Waals surface area contributed by atoms with E-state index in [-0.39, 0.29) is 10.8 Å². The van der Waals surface area contributed by atoms with Gasteiger partial charge in [-0.1, -0.05) is 29.5 Å². The molecule has 16 heavy (non-hydrogen) atoms. The molecule has 0 aliphatic carbocycles. The van der Waals surface area contributed by atoms with Gasteiger partial charge in [0.15, 0.2) is 0 Å². The van der Waals surface area contributed by atoms with E-state index in [1.54, 1.807) is 0 Å². The largest absolute Gasteiger partial charge is 0.493 e. The van der Waals surface area contributed by atoms with Crippen LogP contribution in [-0.2, 0) is 7.05 Å². The van der Waals surface area contributed by atoms with Crippen molar-refractivity contribution in [1.29, 1.82) is 0 Å². The van der Waals surface area contributed by atoms with Crippen molar-refractivity contribution in [3.8, 4) is 5.88 Å². The SMILES string of the molecule is Cn1c(O)c(C=Nc2ccccc2)sc1=O. The first-order valence-electron chi connectivity index (χ1n) is 4.66. The predicted octanol–water partition coefficient (Wildman–Crippen LogP) is 1.90. The quantitative estimate of drug-likeness (QED) is 0.807. The van der Waals surface area contributed by atoms with Crippen LogP contribution in [0.2, 0.25) is 0 Å². The number of hydrogen-bond acceptors (Lipinski definition) is 4. The van der Waals surface area contributed by atoms with Crippen molar-refractivity contribution in [2.45, 2.75) is 0 Å². The Morgan fingerprint density at radius 3 is 2.62 bits per heavy atom. The fourth-order valence-electron chi connectivity index (χ4n) is 1.19. The minimum absolute atomic E-state index is 0.0466. The summed E-state index contributed by atoms with van der Waals surface area (Å²) in [5, 5.41) is 9.58. The molecular formula is C11H10N2O2S. The summed E-state index contributed by atoms with van der Waals surface area (Å²) in [6, 6.07) is 9.34. The molecule has 82 valence electrons. The highest BCUT2D eigenvalue weighted by atomic mass is 32.1. The zero-order valence-corrected chi connectivity index (χ0v) is 9.44. The van der Waals surface area contributed by atoms with Crippen LogP contribution in [-0.4, -0.2) is 15.9 Å². The van der Waals surface area contributed by atoms with Crippen molar-refractivity contribution in [3.63, 3.8) is 0 Å². The van der Waals surface area contributed by atoms with Gasteiger partial charge >= 0.3 is 4.87 Å². The maximum absolute atomic E-state index is 11.2. The minimum atomic E-state index is -0.202. The Labute approximate surface area is 96.1 Å². The molecule has 1 N–H and O–H groups in total. The number of aliphatic imine (C=N–C) groups is 1. The molecule has 0 amide bonds. The average Bonchev–Trinajstić information content (AvgIpc) is 2.56. The van der Waals surface area contributed by atoms with E-state index in [1.165, 1.54) is 17.8 Å². The summed E-state index contributed by atoms with van der Waals surface area (Å²) in [4.78, 5) is 15.7. The summed E-state index contributed by atoms with van der Waals surface area (Å²) < 4.78 is 1.19. The zero-order valence-electron chi connectivity index (χ0n) is 8.62. The molecule has 0 saturated heterocycles. The van der Waals surface area contributed by atoms with Gasteiger partial charge in [0.1, 0.15) is 4.88 Å². The average molecular weight is 234 g/mol. The Kier molecular flexibility index (Phi) is 2.87. The highest BCUT2D eigenvalue weighted by molar-refractivity contribution is 7.11. The number of hydrogen-bond donors (Lipinski definition) is 1. The van der Waals surface area contributed by atoms with E-state index in [1.807, 2.05) is 30.3 Å². The van der Waals surface area contributed by atoms with E-state index in [0.29, 0.717) is 4.88 Å². The van der Waals surface area contributed by atoms with E-state index in [2.05, 4.69) is 4.99 Å². The van der Waals surface area contributed by atoms with Crippen molar-refractivity contribution in [3.05, 3.63) is 44.9 Å². The number of rotatable bonds is 2. The van der Waals surface area contributed by atoms with E-state index < -0.39 is 0 Å². The number of aromatic nitrogens is 1. The van der Waals surface area contributed by atoms with E-state index in [0.717, 1.165) is 17.0 Å². The maximum atomic E-state index is 11.2. The van der Waals surface area contributed by atoms with Gasteiger partial charge in [-0.25, -0.2) is 0 Å². The second-order valence-corrected chi connectivity index (χ2v) is 4.20. The van der Waals surface area contributed by atoms with Crippen molar-refractivity contribution in [2.24, 2.45) is 12.0 Å². The number of benzene rings is 1. The molecule has 0 aliphatic heterocycles. The van der Waals surface area contributed by atoms with E-state index in [9.17, 15) is 9.90 Å². The summed E-state index contributed by atoms with van der Waals surface area (Å²) >= 11 is 0.968. The Bertz CT molecular complexity index is 569. The number of para-hydroxylation sites is 1. The van der Waals surface area contributed by atoms with Crippen LogP contribution in [0.15, 0.2) is 40.1 Å². The molecule has 0 radical (unpaired) electrons. The van der Waals surface area contributed by atoms with Crippen molar-refractivity contribution >= 4 is 23.2 Å². The summed E-state index contributed by atoms with van der Waals surface area (Å²) in [6.07, 6.45) is 1.50. The van der Waals surface area contributed by atoms with Crippen LogP contribution in [0.25, 0.3) is 0 Å². The topological polar surface area (TPSA) is 54.6 Å². The molecule has 0 fully saturated rings. The van der Waals surface area contributed by atoms with Gasteiger partial charge in [0, 0.05) is 7.05 Å². The van der Waals surface area contributed by atoms with Crippen LogP contribution in [0.3, 0.4) is 0 Å². The van der Waals surface area contributed by atoms with Crippen molar-refractivity contribution in [2.75, 3.05) is 0 Å². The number of aromatic hydroxyl groups is 1. The second kappa shape index (κ2) is 4.32. The Balaban J connectivity index is 2.31. The lowest BCUT2D eigenvalue weighted by molar-refractivity contribution is 0.429. The molecule has 0 unspecified atom stereocenters. The standard InChI is InChI=1S/C11H10N2O2S/c1-13-10(14)9(16-11(13)15)7-12-8-5-3-2-4-6-8/h2-7,14H,1H3. The molecule has 2 rings (SSSR count). The van der Waals surface area contributed by atoms with Gasteiger partial charge in [-0.05, 0) is 12.1 Å². The molecule has 0 aliphatic rings. The Morgan fingerprint density at radius 2 is 2.06 bits per heavy atom. The summed E-state index contributed by atoms with van der Waals surface area (Å²) in [6.45, 7) is 0. The van der Waals surface area contributed by atoms with Gasteiger partial charge in [-0.15, -0.1) is 0 Å². The molecule has 1 aromatic heterocycles. The summed E-state index contributed by atoms with van der Waals surface area (Å²) in [5.74, 6) is -0.0466. The maximum Gasteiger partial charge on any atom is 0.310 e. The first-order valence-corrected chi connectivity index (χ1v) is 5.48. The Morgan fingerprint density at radius 1 is 1.38 bits per heavy atom. The van der Waals surface area contributed by atoms with Crippen LogP contribution in [0.5, 0.6) is 5.88 Å². The van der Waals surface area contributed by atoms with E-state index in [4.69, 9.17) is 0 Å². The predicted molar refractivity (Wildman–Crippen MR) is 64.9 cm³/mol. The van der Waals surface area contributed by atoms with Gasteiger partial charge in [0.05, 0.1) is 11.9 Å². The minimum Gasteiger partial charge on any atom is -0.493 e. The molecule has 0 bridgehead atoms. The molecule has 0 spiro atoms. The molecule has 1 aromatic carbocycles. The highest BCUT2D eigenvalue weighted by Gasteiger charge is 2.07. The monoisotopic (exact) mass is 234 g/mol. The third-order valence-electron chi connectivity index (χ3n) is 2.10. The first-order chi connectivity index (χ1) is 7.68. The second-order valence-electron chi connectivity index (χ2n) is 3.21. The van der Waals surface area contributed by atoms with E-state index >= 15 is 0 Å². The highest BCUT2D eigenvalue weighted by Crippen LogP contribution is 2.17. The van der Waals surface area contributed by atoms with Gasteiger partial charge in [-0.2, -0.15) is 0 Å². The molecule has 1 heterocycles. The van der Waals surface area contributed by atoms with Crippen LogP contribution in [0.1, 0.15) is 4.88 Å². The van der Waals surface area contributed by atoms with Crippen LogP contribution in [0, 0.1) is 0 Å². The van der Waals surface area contributed by atoms with Crippen molar-refractivity contribution < 1.29 is 5.11 Å². The van der Waals surface area contributed by atoms with Crippen molar-refractivity contribution in [1.82, 2.24) is 4.57 Å². The zero-order chi connectivity index (χ0) is 11.5. The van der Waals surface area contributed by atoms with Crippen LogP contribution >= 0.6 is 11.3 Å². The molecular weight excluding hydrogens is 224 g/mol. The third kappa shape index (κ3) is 2.04.